The number of amides is 1. The van der Waals surface area contributed by atoms with Crippen LogP contribution in [0.5, 0.6) is 5.75 Å². The fourth-order valence-corrected chi connectivity index (χ4v) is 3.41. The lowest BCUT2D eigenvalue weighted by Crippen LogP contribution is -2.27. The molecule has 1 amide bonds. The van der Waals surface area contributed by atoms with Crippen LogP contribution in [0, 0.1) is 0 Å². The van der Waals surface area contributed by atoms with Crippen molar-refractivity contribution in [2.75, 3.05) is 34.3 Å². The van der Waals surface area contributed by atoms with Gasteiger partial charge < -0.3 is 19.9 Å². The Kier molecular flexibility index (Phi) is 6.71. The normalized spacial score (nSPS) is 11.1. The van der Waals surface area contributed by atoms with Crippen LogP contribution in [0.4, 0.5) is 0 Å². The Balaban J connectivity index is 1.74. The summed E-state index contributed by atoms with van der Waals surface area (Å²) in [7, 11) is 5.75. The molecule has 148 valence electrons. The molecular weight excluding hydrogens is 350 g/mol. The quantitative estimate of drug-likeness (QED) is 0.555. The molecule has 0 atom stereocenters. The van der Waals surface area contributed by atoms with Gasteiger partial charge in [-0.1, -0.05) is 18.2 Å². The lowest BCUT2D eigenvalue weighted by atomic mass is 10.0. The molecule has 0 radical (unpaired) electrons. The number of aryl methyl sites for hydroxylation is 1. The number of benzene rings is 2. The Hall–Kier alpha value is -2.79. The summed E-state index contributed by atoms with van der Waals surface area (Å²) in [6.07, 6.45) is 2.14. The number of hydrogen-bond acceptors (Lipinski definition) is 3. The maximum absolute atomic E-state index is 12.3. The minimum absolute atomic E-state index is 0.102. The van der Waals surface area contributed by atoms with Crippen LogP contribution in [0.1, 0.15) is 18.4 Å². The van der Waals surface area contributed by atoms with E-state index in [0.29, 0.717) is 12.8 Å². The fourth-order valence-electron chi connectivity index (χ4n) is 3.41. The standard InChI is InChI=1S/C23H29N3O2/c1-26(2)16-6-15-24-22(27)14-13-20-19-7-4-5-8-21(19)25-23(20)17-9-11-18(28-3)12-10-17/h4-5,7-12,25H,6,13-16H2,1-3H3,(H,24,27). The molecule has 3 rings (SSSR count). The summed E-state index contributed by atoms with van der Waals surface area (Å²) in [5.41, 5.74) is 4.45. The van der Waals surface area contributed by atoms with Crippen molar-refractivity contribution in [2.45, 2.75) is 19.3 Å². The maximum Gasteiger partial charge on any atom is 0.220 e. The number of aromatic amines is 1. The van der Waals surface area contributed by atoms with Gasteiger partial charge in [0.1, 0.15) is 5.75 Å². The molecule has 2 aromatic carbocycles. The van der Waals surface area contributed by atoms with E-state index in [1.807, 2.05) is 50.5 Å². The third-order valence-electron chi connectivity index (χ3n) is 4.90. The van der Waals surface area contributed by atoms with Crippen LogP contribution in [-0.4, -0.2) is 50.1 Å². The van der Waals surface area contributed by atoms with E-state index in [1.54, 1.807) is 7.11 Å². The van der Waals surface area contributed by atoms with E-state index in [-0.39, 0.29) is 5.91 Å². The number of nitrogens with one attached hydrogen (secondary N) is 2. The van der Waals surface area contributed by atoms with Crippen molar-refractivity contribution < 1.29 is 9.53 Å². The Morgan fingerprint density at radius 3 is 2.57 bits per heavy atom. The number of aromatic nitrogens is 1. The topological polar surface area (TPSA) is 57.4 Å². The molecule has 0 unspecified atom stereocenters. The molecule has 0 aliphatic heterocycles. The molecule has 0 spiro atoms. The minimum Gasteiger partial charge on any atom is -0.497 e. The molecule has 1 aromatic heterocycles. The van der Waals surface area contributed by atoms with E-state index in [4.69, 9.17) is 4.74 Å². The predicted octanol–water partition coefficient (Wildman–Crippen LogP) is 3.84. The highest BCUT2D eigenvalue weighted by molar-refractivity contribution is 5.91. The summed E-state index contributed by atoms with van der Waals surface area (Å²) in [5.74, 6) is 0.934. The minimum atomic E-state index is 0.102. The number of fused-ring (bicyclic) bond motifs is 1. The Morgan fingerprint density at radius 2 is 1.86 bits per heavy atom. The van der Waals surface area contributed by atoms with Crippen molar-refractivity contribution in [1.82, 2.24) is 15.2 Å². The summed E-state index contributed by atoms with van der Waals surface area (Å²) >= 11 is 0. The molecule has 0 aliphatic rings. The number of hydrogen-bond donors (Lipinski definition) is 2. The first kappa shape index (κ1) is 20.0. The number of carbonyl (C=O) groups excluding carboxylic acids is 1. The summed E-state index contributed by atoms with van der Waals surface area (Å²) in [6, 6.07) is 16.3. The third kappa shape index (κ3) is 4.93. The zero-order chi connectivity index (χ0) is 19.9. The number of para-hydroxylation sites is 1. The average Bonchev–Trinajstić information content (AvgIpc) is 3.08. The molecule has 5 nitrogen and oxygen atoms in total. The third-order valence-corrected chi connectivity index (χ3v) is 4.90. The summed E-state index contributed by atoms with van der Waals surface area (Å²) < 4.78 is 5.27. The number of nitrogens with zero attached hydrogens (tertiary/aromatic N) is 1. The number of rotatable bonds is 9. The molecule has 0 aliphatic carbocycles. The van der Waals surface area contributed by atoms with Crippen molar-refractivity contribution >= 4 is 16.8 Å². The first-order valence-corrected chi connectivity index (χ1v) is 9.74. The van der Waals surface area contributed by atoms with E-state index >= 15 is 0 Å². The van der Waals surface area contributed by atoms with Crippen LogP contribution >= 0.6 is 0 Å². The molecular formula is C23H29N3O2. The lowest BCUT2D eigenvalue weighted by Gasteiger charge is -2.10. The maximum atomic E-state index is 12.3. The second-order valence-corrected chi connectivity index (χ2v) is 7.26. The number of carbonyl (C=O) groups is 1. The summed E-state index contributed by atoms with van der Waals surface area (Å²) in [5, 5.41) is 4.21. The Labute approximate surface area is 166 Å². The largest absolute Gasteiger partial charge is 0.497 e. The zero-order valence-electron chi connectivity index (χ0n) is 16.9. The van der Waals surface area contributed by atoms with Gasteiger partial charge in [-0.15, -0.1) is 0 Å². The van der Waals surface area contributed by atoms with Gasteiger partial charge in [0.25, 0.3) is 0 Å². The molecule has 0 saturated heterocycles. The Morgan fingerprint density at radius 1 is 1.11 bits per heavy atom. The molecule has 0 saturated carbocycles. The highest BCUT2D eigenvalue weighted by Gasteiger charge is 2.14. The van der Waals surface area contributed by atoms with Gasteiger partial charge in [0.15, 0.2) is 0 Å². The summed E-state index contributed by atoms with van der Waals surface area (Å²) in [4.78, 5) is 18.0. The number of ether oxygens (including phenoxy) is 1. The fraction of sp³-hybridized carbons (Fsp3) is 0.348. The summed E-state index contributed by atoms with van der Waals surface area (Å²) in [6.45, 7) is 1.70. The van der Waals surface area contributed by atoms with Crippen LogP contribution in [-0.2, 0) is 11.2 Å². The molecule has 5 heteroatoms. The van der Waals surface area contributed by atoms with Crippen molar-refractivity contribution in [1.29, 1.82) is 0 Å². The van der Waals surface area contributed by atoms with Gasteiger partial charge in [0.2, 0.25) is 5.91 Å². The molecule has 0 fully saturated rings. The number of methoxy groups -OCH3 is 1. The second-order valence-electron chi connectivity index (χ2n) is 7.26. The molecule has 0 bridgehead atoms. The van der Waals surface area contributed by atoms with Crippen molar-refractivity contribution in [3.05, 3.63) is 54.1 Å². The molecule has 28 heavy (non-hydrogen) atoms. The lowest BCUT2D eigenvalue weighted by molar-refractivity contribution is -0.121. The second kappa shape index (κ2) is 9.42. The van der Waals surface area contributed by atoms with E-state index in [2.05, 4.69) is 27.3 Å². The van der Waals surface area contributed by atoms with Gasteiger partial charge >= 0.3 is 0 Å². The monoisotopic (exact) mass is 379 g/mol. The SMILES string of the molecule is COc1ccc(-c2[nH]c3ccccc3c2CCC(=O)NCCCN(C)C)cc1. The molecule has 1 heterocycles. The van der Waals surface area contributed by atoms with E-state index < -0.39 is 0 Å². The average molecular weight is 380 g/mol. The van der Waals surface area contributed by atoms with Crippen LogP contribution < -0.4 is 10.1 Å². The van der Waals surface area contributed by atoms with Crippen molar-refractivity contribution in [3.63, 3.8) is 0 Å². The van der Waals surface area contributed by atoms with Gasteiger partial charge in [0.05, 0.1) is 7.11 Å². The first-order chi connectivity index (χ1) is 13.6. The van der Waals surface area contributed by atoms with Gasteiger partial charge in [-0.3, -0.25) is 4.79 Å². The van der Waals surface area contributed by atoms with Crippen LogP contribution in [0.25, 0.3) is 22.2 Å². The van der Waals surface area contributed by atoms with Crippen LogP contribution in [0.3, 0.4) is 0 Å². The molecule has 3 aromatic rings. The van der Waals surface area contributed by atoms with Crippen LogP contribution in [0.2, 0.25) is 0 Å². The van der Waals surface area contributed by atoms with Crippen LogP contribution in [0.15, 0.2) is 48.5 Å². The van der Waals surface area contributed by atoms with Gasteiger partial charge in [-0.05, 0) is 74.9 Å². The zero-order valence-corrected chi connectivity index (χ0v) is 16.9. The highest BCUT2D eigenvalue weighted by atomic mass is 16.5. The van der Waals surface area contributed by atoms with Gasteiger partial charge in [0, 0.05) is 29.6 Å². The number of H-pyrrole nitrogens is 1. The van der Waals surface area contributed by atoms with Crippen molar-refractivity contribution in [3.8, 4) is 17.0 Å². The molecule has 2 N–H and O–H groups in total. The first-order valence-electron chi connectivity index (χ1n) is 9.74. The highest BCUT2D eigenvalue weighted by Crippen LogP contribution is 2.32. The Bertz CT molecular complexity index is 913. The van der Waals surface area contributed by atoms with Gasteiger partial charge in [-0.25, -0.2) is 0 Å². The predicted molar refractivity (Wildman–Crippen MR) is 115 cm³/mol. The van der Waals surface area contributed by atoms with E-state index in [1.165, 1.54) is 10.9 Å². The van der Waals surface area contributed by atoms with E-state index in [0.717, 1.165) is 42.0 Å². The van der Waals surface area contributed by atoms with Gasteiger partial charge in [-0.2, -0.15) is 0 Å². The smallest absolute Gasteiger partial charge is 0.220 e. The van der Waals surface area contributed by atoms with Crippen molar-refractivity contribution in [2.24, 2.45) is 0 Å². The van der Waals surface area contributed by atoms with E-state index in [9.17, 15) is 4.79 Å².